The van der Waals surface area contributed by atoms with E-state index < -0.39 is 0 Å². The van der Waals surface area contributed by atoms with Crippen molar-refractivity contribution in [2.75, 3.05) is 0 Å². The molecule has 0 radical (unpaired) electrons. The zero-order valence-electron chi connectivity index (χ0n) is 7.27. The molecule has 0 N–H and O–H groups in total. The highest BCUT2D eigenvalue weighted by Gasteiger charge is 2.04. The lowest BCUT2D eigenvalue weighted by Gasteiger charge is -2.03. The molecule has 0 spiro atoms. The lowest BCUT2D eigenvalue weighted by atomic mass is 10.1. The molecule has 0 atom stereocenters. The molecule has 0 aliphatic rings. The number of hydrogen-bond donors (Lipinski definition) is 0. The average molecular weight is 251 g/mol. The van der Waals surface area contributed by atoms with Crippen LogP contribution >= 0.6 is 15.9 Å². The molecule has 0 amide bonds. The van der Waals surface area contributed by atoms with Gasteiger partial charge in [0.1, 0.15) is 6.54 Å². The van der Waals surface area contributed by atoms with Gasteiger partial charge in [0.2, 0.25) is 0 Å². The first kappa shape index (κ1) is 9.27. The predicted octanol–water partition coefficient (Wildman–Crippen LogP) is 3.26. The van der Waals surface area contributed by atoms with Crippen LogP contribution < -0.4 is 0 Å². The van der Waals surface area contributed by atoms with Crippen LogP contribution in [0, 0.1) is 4.91 Å². The van der Waals surface area contributed by atoms with Crippen molar-refractivity contribution < 1.29 is 0 Å². The first-order valence-corrected chi connectivity index (χ1v) is 4.93. The molecular weight excluding hydrogens is 244 g/mol. The summed E-state index contributed by atoms with van der Waals surface area (Å²) in [7, 11) is 0. The van der Waals surface area contributed by atoms with Crippen molar-refractivity contribution in [3.05, 3.63) is 45.4 Å². The molecule has 0 saturated heterocycles. The van der Waals surface area contributed by atoms with Crippen molar-refractivity contribution in [2.24, 2.45) is 5.18 Å². The fraction of sp³-hybridized carbons (Fsp3) is 0.100. The molecule has 14 heavy (non-hydrogen) atoms. The van der Waals surface area contributed by atoms with E-state index in [4.69, 9.17) is 0 Å². The number of nitroso groups, excluding NO2 is 1. The number of benzene rings is 1. The first-order valence-electron chi connectivity index (χ1n) is 4.14. The highest BCUT2D eigenvalue weighted by molar-refractivity contribution is 9.10. The average Bonchev–Trinajstić information content (AvgIpc) is 2.23. The maximum Gasteiger partial charge on any atom is 0.108 e. The Kier molecular flexibility index (Phi) is 2.54. The summed E-state index contributed by atoms with van der Waals surface area (Å²) in [5.41, 5.74) is 1.69. The van der Waals surface area contributed by atoms with Crippen LogP contribution in [0.1, 0.15) is 5.56 Å². The second-order valence-corrected chi connectivity index (χ2v) is 3.75. The molecule has 0 fully saturated rings. The van der Waals surface area contributed by atoms with Gasteiger partial charge in [0.15, 0.2) is 0 Å². The maximum atomic E-state index is 10.2. The standard InChI is InChI=1S/C10H7BrN2O/c11-9-4-3-7(6-13-14)10-8(9)2-1-5-12-10/h1-5H,6H2. The Morgan fingerprint density at radius 2 is 2.21 bits per heavy atom. The normalized spacial score (nSPS) is 10.4. The zero-order chi connectivity index (χ0) is 9.97. The monoisotopic (exact) mass is 250 g/mol. The minimum Gasteiger partial charge on any atom is -0.256 e. The molecule has 1 aromatic carbocycles. The Balaban J connectivity index is 2.74. The molecule has 0 saturated carbocycles. The minimum atomic E-state index is 0.167. The van der Waals surface area contributed by atoms with Crippen LogP contribution in [0.3, 0.4) is 0 Å². The summed E-state index contributed by atoms with van der Waals surface area (Å²) in [5.74, 6) is 0. The van der Waals surface area contributed by atoms with Crippen LogP contribution in [-0.4, -0.2) is 4.98 Å². The summed E-state index contributed by atoms with van der Waals surface area (Å²) >= 11 is 3.43. The highest BCUT2D eigenvalue weighted by atomic mass is 79.9. The number of halogens is 1. The van der Waals surface area contributed by atoms with E-state index in [-0.39, 0.29) is 6.54 Å². The van der Waals surface area contributed by atoms with Gasteiger partial charge in [-0.2, -0.15) is 4.91 Å². The topological polar surface area (TPSA) is 42.3 Å². The molecule has 2 rings (SSSR count). The van der Waals surface area contributed by atoms with E-state index in [1.54, 1.807) is 6.20 Å². The van der Waals surface area contributed by atoms with Crippen LogP contribution in [0.5, 0.6) is 0 Å². The van der Waals surface area contributed by atoms with Crippen molar-refractivity contribution in [1.29, 1.82) is 0 Å². The zero-order valence-corrected chi connectivity index (χ0v) is 8.86. The summed E-state index contributed by atoms with van der Waals surface area (Å²) in [6.07, 6.45) is 1.71. The second-order valence-electron chi connectivity index (χ2n) is 2.89. The molecule has 3 nitrogen and oxygen atoms in total. The summed E-state index contributed by atoms with van der Waals surface area (Å²) in [4.78, 5) is 14.4. The van der Waals surface area contributed by atoms with E-state index in [1.807, 2.05) is 24.3 Å². The maximum absolute atomic E-state index is 10.2. The molecule has 0 aliphatic heterocycles. The van der Waals surface area contributed by atoms with Crippen LogP contribution in [0.25, 0.3) is 10.9 Å². The van der Waals surface area contributed by atoms with E-state index >= 15 is 0 Å². The van der Waals surface area contributed by atoms with Gasteiger partial charge in [-0.1, -0.05) is 33.2 Å². The molecule has 0 aliphatic carbocycles. The fourth-order valence-electron chi connectivity index (χ4n) is 1.39. The van der Waals surface area contributed by atoms with Gasteiger partial charge in [-0.25, -0.2) is 0 Å². The first-order chi connectivity index (χ1) is 6.83. The van der Waals surface area contributed by atoms with E-state index in [0.717, 1.165) is 20.9 Å². The predicted molar refractivity (Wildman–Crippen MR) is 58.9 cm³/mol. The van der Waals surface area contributed by atoms with Gasteiger partial charge >= 0.3 is 0 Å². The van der Waals surface area contributed by atoms with Gasteiger partial charge in [0.05, 0.1) is 5.52 Å². The Bertz CT molecular complexity index is 485. The molecular formula is C10H7BrN2O. The van der Waals surface area contributed by atoms with Crippen LogP contribution in [0.4, 0.5) is 0 Å². The molecule has 4 heteroatoms. The van der Waals surface area contributed by atoms with Gasteiger partial charge in [0, 0.05) is 21.6 Å². The van der Waals surface area contributed by atoms with E-state index in [2.05, 4.69) is 26.1 Å². The summed E-state index contributed by atoms with van der Waals surface area (Å²) < 4.78 is 0.982. The van der Waals surface area contributed by atoms with Crippen LogP contribution in [-0.2, 0) is 6.54 Å². The smallest absolute Gasteiger partial charge is 0.108 e. The Morgan fingerprint density at radius 3 is 3.00 bits per heavy atom. The van der Waals surface area contributed by atoms with Crippen molar-refractivity contribution in [2.45, 2.75) is 6.54 Å². The van der Waals surface area contributed by atoms with Crippen molar-refractivity contribution in [3.63, 3.8) is 0 Å². The lowest BCUT2D eigenvalue weighted by molar-refractivity contribution is 1.06. The van der Waals surface area contributed by atoms with E-state index in [9.17, 15) is 4.91 Å². The van der Waals surface area contributed by atoms with Gasteiger partial charge in [-0.3, -0.25) is 4.98 Å². The van der Waals surface area contributed by atoms with Crippen molar-refractivity contribution in [1.82, 2.24) is 4.98 Å². The molecule has 70 valence electrons. The molecule has 0 unspecified atom stereocenters. The summed E-state index contributed by atoms with van der Waals surface area (Å²) in [5, 5.41) is 3.89. The third-order valence-corrected chi connectivity index (χ3v) is 2.73. The molecule has 1 heterocycles. The largest absolute Gasteiger partial charge is 0.256 e. The van der Waals surface area contributed by atoms with Gasteiger partial charge in [-0.15, -0.1) is 0 Å². The van der Waals surface area contributed by atoms with Crippen LogP contribution in [0.2, 0.25) is 0 Å². The van der Waals surface area contributed by atoms with Crippen molar-refractivity contribution >= 4 is 26.8 Å². The summed E-state index contributed by atoms with van der Waals surface area (Å²) in [6, 6.07) is 7.59. The van der Waals surface area contributed by atoms with E-state index in [1.165, 1.54) is 0 Å². The summed E-state index contributed by atoms with van der Waals surface area (Å²) in [6.45, 7) is 0.167. The Labute approximate surface area is 89.3 Å². The number of rotatable bonds is 2. The van der Waals surface area contributed by atoms with Gasteiger partial charge < -0.3 is 0 Å². The van der Waals surface area contributed by atoms with Crippen LogP contribution in [0.15, 0.2) is 40.1 Å². The number of aromatic nitrogens is 1. The minimum absolute atomic E-state index is 0.167. The highest BCUT2D eigenvalue weighted by Crippen LogP contribution is 2.25. The number of pyridine rings is 1. The van der Waals surface area contributed by atoms with E-state index in [0.29, 0.717) is 0 Å². The van der Waals surface area contributed by atoms with Gasteiger partial charge in [-0.05, 0) is 12.1 Å². The quantitative estimate of drug-likeness (QED) is 0.768. The van der Waals surface area contributed by atoms with Crippen molar-refractivity contribution in [3.8, 4) is 0 Å². The number of fused-ring (bicyclic) bond motifs is 1. The molecule has 0 bridgehead atoms. The Hall–Kier alpha value is -1.29. The molecule has 2 aromatic rings. The number of hydrogen-bond acceptors (Lipinski definition) is 3. The Morgan fingerprint density at radius 1 is 1.36 bits per heavy atom. The lowest BCUT2D eigenvalue weighted by Crippen LogP contribution is -1.87. The third-order valence-electron chi connectivity index (χ3n) is 2.03. The second kappa shape index (κ2) is 3.84. The van der Waals surface area contributed by atoms with Gasteiger partial charge in [0.25, 0.3) is 0 Å². The fourth-order valence-corrected chi connectivity index (χ4v) is 1.85. The third kappa shape index (κ3) is 1.53. The number of nitrogens with zero attached hydrogens (tertiary/aromatic N) is 2. The SMILES string of the molecule is O=NCc1ccc(Br)c2cccnc12. The molecule has 1 aromatic heterocycles.